The summed E-state index contributed by atoms with van der Waals surface area (Å²) < 4.78 is 34.2. The molecule has 0 spiro atoms. The molecular formula is C24H32N2O4S. The number of anilines is 1. The Morgan fingerprint density at radius 3 is 2.32 bits per heavy atom. The third-order valence-corrected chi connectivity index (χ3v) is 8.01. The molecule has 1 N–H and O–H groups in total. The molecule has 0 aromatic heterocycles. The van der Waals surface area contributed by atoms with Crippen LogP contribution in [0, 0.1) is 20.8 Å². The van der Waals surface area contributed by atoms with E-state index < -0.39 is 10.0 Å². The van der Waals surface area contributed by atoms with Crippen LogP contribution < -0.4 is 10.1 Å². The summed E-state index contributed by atoms with van der Waals surface area (Å²) in [5.41, 5.74) is 3.03. The summed E-state index contributed by atoms with van der Waals surface area (Å²) in [6, 6.07) is 10.6. The fraction of sp³-hybridized carbons (Fsp3) is 0.458. The summed E-state index contributed by atoms with van der Waals surface area (Å²) in [4.78, 5) is 13.2. The highest BCUT2D eigenvalue weighted by Gasteiger charge is 2.35. The fourth-order valence-corrected chi connectivity index (χ4v) is 6.57. The Balaban J connectivity index is 1.92. The van der Waals surface area contributed by atoms with E-state index in [9.17, 15) is 13.2 Å². The monoisotopic (exact) mass is 444 g/mol. The van der Waals surface area contributed by atoms with Crippen LogP contribution in [-0.2, 0) is 14.8 Å². The Labute approximate surface area is 185 Å². The smallest absolute Gasteiger partial charge is 0.244 e. The first-order chi connectivity index (χ1) is 14.7. The van der Waals surface area contributed by atoms with Gasteiger partial charge in [0, 0.05) is 17.8 Å². The zero-order valence-corrected chi connectivity index (χ0v) is 19.6. The number of hydrogen-bond donors (Lipinski definition) is 1. The van der Waals surface area contributed by atoms with Crippen LogP contribution in [0.15, 0.2) is 41.3 Å². The molecular weight excluding hydrogens is 412 g/mol. The van der Waals surface area contributed by atoms with Crippen molar-refractivity contribution in [3.8, 4) is 5.75 Å². The summed E-state index contributed by atoms with van der Waals surface area (Å²) in [6.07, 6.45) is 4.59. The number of carbonyl (C=O) groups excluding carboxylic acids is 1. The van der Waals surface area contributed by atoms with Crippen LogP contribution in [0.1, 0.15) is 48.8 Å². The third-order valence-electron chi connectivity index (χ3n) is 5.81. The van der Waals surface area contributed by atoms with Crippen LogP contribution in [0.2, 0.25) is 0 Å². The van der Waals surface area contributed by atoms with E-state index in [-0.39, 0.29) is 18.5 Å². The van der Waals surface area contributed by atoms with Gasteiger partial charge in [-0.1, -0.05) is 43.0 Å². The molecule has 0 unspecified atom stereocenters. The lowest BCUT2D eigenvalue weighted by molar-refractivity contribution is -0.116. The molecule has 1 amide bonds. The number of carbonyl (C=O) groups is 1. The van der Waals surface area contributed by atoms with E-state index in [1.54, 1.807) is 31.4 Å². The topological polar surface area (TPSA) is 75.7 Å². The molecule has 0 saturated heterocycles. The van der Waals surface area contributed by atoms with Crippen molar-refractivity contribution >= 4 is 21.6 Å². The number of hydrogen-bond acceptors (Lipinski definition) is 4. The highest BCUT2D eigenvalue weighted by molar-refractivity contribution is 7.89. The Morgan fingerprint density at radius 2 is 1.71 bits per heavy atom. The molecule has 168 valence electrons. The standard InChI is InChI=1S/C24H32N2O4S/c1-17-13-18(2)24(19(3)14-17)31(28,29)26(21-10-6-5-7-11-21)16-23(27)25-20-9-8-12-22(15-20)30-4/h8-9,12-15,21H,5-7,10-11,16H2,1-4H3,(H,25,27). The van der Waals surface area contributed by atoms with Crippen molar-refractivity contribution < 1.29 is 17.9 Å². The minimum atomic E-state index is -3.83. The average molecular weight is 445 g/mol. The highest BCUT2D eigenvalue weighted by Crippen LogP contribution is 2.31. The van der Waals surface area contributed by atoms with Gasteiger partial charge in [0.25, 0.3) is 0 Å². The second-order valence-corrected chi connectivity index (χ2v) is 10.2. The number of aryl methyl sites for hydroxylation is 3. The molecule has 0 heterocycles. The molecule has 3 rings (SSSR count). The maximum atomic E-state index is 13.8. The van der Waals surface area contributed by atoms with Gasteiger partial charge in [-0.2, -0.15) is 4.31 Å². The number of methoxy groups -OCH3 is 1. The van der Waals surface area contributed by atoms with Crippen LogP contribution in [0.25, 0.3) is 0 Å². The summed E-state index contributed by atoms with van der Waals surface area (Å²) in [5, 5.41) is 2.82. The molecule has 6 nitrogen and oxygen atoms in total. The molecule has 31 heavy (non-hydrogen) atoms. The van der Waals surface area contributed by atoms with E-state index in [0.29, 0.717) is 27.5 Å². The van der Waals surface area contributed by atoms with Gasteiger partial charge in [0.05, 0.1) is 18.6 Å². The zero-order valence-electron chi connectivity index (χ0n) is 18.8. The Hall–Kier alpha value is -2.38. The lowest BCUT2D eigenvalue weighted by Gasteiger charge is -2.33. The minimum Gasteiger partial charge on any atom is -0.497 e. The van der Waals surface area contributed by atoms with Crippen LogP contribution >= 0.6 is 0 Å². The van der Waals surface area contributed by atoms with E-state index in [2.05, 4.69) is 5.32 Å². The number of nitrogens with zero attached hydrogens (tertiary/aromatic N) is 1. The lowest BCUT2D eigenvalue weighted by atomic mass is 9.95. The molecule has 1 fully saturated rings. The van der Waals surface area contributed by atoms with E-state index in [1.165, 1.54) is 4.31 Å². The third kappa shape index (κ3) is 5.46. The van der Waals surface area contributed by atoms with Crippen molar-refractivity contribution in [2.45, 2.75) is 63.8 Å². The highest BCUT2D eigenvalue weighted by atomic mass is 32.2. The van der Waals surface area contributed by atoms with Gasteiger partial charge in [-0.25, -0.2) is 8.42 Å². The second kappa shape index (κ2) is 9.83. The molecule has 0 atom stereocenters. The van der Waals surface area contributed by atoms with Crippen molar-refractivity contribution in [3.05, 3.63) is 53.1 Å². The molecule has 0 aliphatic heterocycles. The van der Waals surface area contributed by atoms with Crippen LogP contribution in [-0.4, -0.2) is 38.3 Å². The predicted octanol–water partition coefficient (Wildman–Crippen LogP) is 4.58. The Morgan fingerprint density at radius 1 is 1.06 bits per heavy atom. The summed E-state index contributed by atoms with van der Waals surface area (Å²) in [5.74, 6) is 0.269. The molecule has 1 aliphatic carbocycles. The lowest BCUT2D eigenvalue weighted by Crippen LogP contribution is -2.46. The van der Waals surface area contributed by atoms with E-state index in [4.69, 9.17) is 4.74 Å². The SMILES string of the molecule is COc1cccc(NC(=O)CN(C2CCCCC2)S(=O)(=O)c2c(C)cc(C)cc2C)c1. The van der Waals surface area contributed by atoms with Gasteiger partial charge in [-0.3, -0.25) is 4.79 Å². The van der Waals surface area contributed by atoms with Gasteiger partial charge in [0.2, 0.25) is 15.9 Å². The van der Waals surface area contributed by atoms with Gasteiger partial charge >= 0.3 is 0 Å². The van der Waals surface area contributed by atoms with Gasteiger partial charge in [0.1, 0.15) is 5.75 Å². The predicted molar refractivity (Wildman–Crippen MR) is 123 cm³/mol. The van der Waals surface area contributed by atoms with Gasteiger partial charge < -0.3 is 10.1 Å². The number of amides is 1. The molecule has 7 heteroatoms. The van der Waals surface area contributed by atoms with Crippen molar-refractivity contribution in [1.29, 1.82) is 0 Å². The van der Waals surface area contributed by atoms with Gasteiger partial charge in [0.15, 0.2) is 0 Å². The summed E-state index contributed by atoms with van der Waals surface area (Å²) >= 11 is 0. The van der Waals surface area contributed by atoms with Crippen molar-refractivity contribution in [2.24, 2.45) is 0 Å². The summed E-state index contributed by atoms with van der Waals surface area (Å²) in [6.45, 7) is 5.39. The number of rotatable bonds is 7. The largest absolute Gasteiger partial charge is 0.497 e. The number of sulfonamides is 1. The van der Waals surface area contributed by atoms with Crippen molar-refractivity contribution in [2.75, 3.05) is 19.0 Å². The molecule has 2 aromatic rings. The van der Waals surface area contributed by atoms with Crippen LogP contribution in [0.5, 0.6) is 5.75 Å². The quantitative estimate of drug-likeness (QED) is 0.678. The number of nitrogens with one attached hydrogen (secondary N) is 1. The van der Waals surface area contributed by atoms with E-state index in [1.807, 2.05) is 32.9 Å². The minimum absolute atomic E-state index is 0.171. The van der Waals surface area contributed by atoms with Crippen molar-refractivity contribution in [3.63, 3.8) is 0 Å². The Kier molecular flexibility index (Phi) is 7.38. The first-order valence-corrected chi connectivity index (χ1v) is 12.2. The first kappa shape index (κ1) is 23.3. The van der Waals surface area contributed by atoms with Crippen molar-refractivity contribution in [1.82, 2.24) is 4.31 Å². The fourth-order valence-electron chi connectivity index (χ4n) is 4.51. The average Bonchev–Trinajstić information content (AvgIpc) is 2.71. The maximum Gasteiger partial charge on any atom is 0.244 e. The van der Waals surface area contributed by atoms with Crippen LogP contribution in [0.4, 0.5) is 5.69 Å². The number of benzene rings is 2. The van der Waals surface area contributed by atoms with Gasteiger partial charge in [-0.05, 0) is 56.9 Å². The molecule has 0 bridgehead atoms. The second-order valence-electron chi connectivity index (χ2n) is 8.35. The Bertz CT molecular complexity index is 1020. The van der Waals surface area contributed by atoms with Crippen LogP contribution in [0.3, 0.4) is 0 Å². The van der Waals surface area contributed by atoms with Gasteiger partial charge in [-0.15, -0.1) is 0 Å². The molecule has 1 aliphatic rings. The molecule has 1 saturated carbocycles. The molecule has 0 radical (unpaired) electrons. The van der Waals surface area contributed by atoms with E-state index >= 15 is 0 Å². The number of ether oxygens (including phenoxy) is 1. The maximum absolute atomic E-state index is 13.8. The van der Waals surface area contributed by atoms with E-state index in [0.717, 1.165) is 37.7 Å². The normalized spacial score (nSPS) is 15.1. The summed E-state index contributed by atoms with van der Waals surface area (Å²) in [7, 11) is -2.27. The zero-order chi connectivity index (χ0) is 22.6. The molecule has 2 aromatic carbocycles. The first-order valence-electron chi connectivity index (χ1n) is 10.8.